The molecule has 0 aromatic heterocycles. The molecule has 0 fully saturated rings. The predicted octanol–water partition coefficient (Wildman–Crippen LogP) is -0.188. The first-order valence-corrected chi connectivity index (χ1v) is 4.30. The first-order chi connectivity index (χ1) is 6.07. The van der Waals surface area contributed by atoms with Crippen LogP contribution in [0.25, 0.3) is 0 Å². The molecule has 0 saturated carbocycles. The van der Waals surface area contributed by atoms with E-state index in [1.807, 2.05) is 0 Å². The van der Waals surface area contributed by atoms with Crippen LogP contribution in [0.3, 0.4) is 0 Å². The van der Waals surface area contributed by atoms with Crippen molar-refractivity contribution in [2.75, 3.05) is 13.2 Å². The topological polar surface area (TPSA) is 69.6 Å². The number of hydrogen-bond donors (Lipinski definition) is 3. The second-order valence-corrected chi connectivity index (χ2v) is 3.01. The highest BCUT2D eigenvalue weighted by Crippen LogP contribution is 1.95. The zero-order chi connectivity index (χ0) is 10.3. The van der Waals surface area contributed by atoms with Crippen LogP contribution in [0.15, 0.2) is 12.2 Å². The van der Waals surface area contributed by atoms with Gasteiger partial charge in [0.15, 0.2) is 0 Å². The quantitative estimate of drug-likeness (QED) is 0.505. The van der Waals surface area contributed by atoms with Gasteiger partial charge in [-0.2, -0.15) is 0 Å². The Morgan fingerprint density at radius 3 is 2.69 bits per heavy atom. The summed E-state index contributed by atoms with van der Waals surface area (Å²) < 4.78 is 0. The fourth-order valence-corrected chi connectivity index (χ4v) is 0.790. The second-order valence-electron chi connectivity index (χ2n) is 3.01. The van der Waals surface area contributed by atoms with Gasteiger partial charge in [-0.1, -0.05) is 6.58 Å². The Morgan fingerprint density at radius 1 is 1.62 bits per heavy atom. The number of carbonyl (C=O) groups is 1. The molecule has 4 nitrogen and oxygen atoms in total. The predicted molar refractivity (Wildman–Crippen MR) is 50.2 cm³/mol. The summed E-state index contributed by atoms with van der Waals surface area (Å²) >= 11 is 0. The molecule has 0 aliphatic carbocycles. The van der Waals surface area contributed by atoms with Gasteiger partial charge in [0.05, 0.1) is 6.10 Å². The first kappa shape index (κ1) is 12.1. The number of carbonyl (C=O) groups excluding carboxylic acids is 1. The van der Waals surface area contributed by atoms with Gasteiger partial charge in [0, 0.05) is 18.7 Å². The van der Waals surface area contributed by atoms with Gasteiger partial charge in [-0.15, -0.1) is 0 Å². The molecule has 4 heteroatoms. The van der Waals surface area contributed by atoms with Crippen molar-refractivity contribution in [1.82, 2.24) is 5.32 Å². The number of rotatable bonds is 6. The number of aliphatic hydroxyl groups is 2. The molecule has 3 N–H and O–H groups in total. The van der Waals surface area contributed by atoms with E-state index in [1.54, 1.807) is 6.92 Å². The van der Waals surface area contributed by atoms with Gasteiger partial charge in [-0.05, 0) is 19.8 Å². The van der Waals surface area contributed by atoms with Crippen molar-refractivity contribution in [2.24, 2.45) is 0 Å². The van der Waals surface area contributed by atoms with E-state index in [0.717, 1.165) is 0 Å². The molecule has 0 aromatic carbocycles. The summed E-state index contributed by atoms with van der Waals surface area (Å²) in [5.41, 5.74) is 0.425. The Hall–Kier alpha value is -0.870. The van der Waals surface area contributed by atoms with Crippen LogP contribution in [0, 0.1) is 0 Å². The summed E-state index contributed by atoms with van der Waals surface area (Å²) in [4.78, 5) is 10.9. The van der Waals surface area contributed by atoms with Crippen molar-refractivity contribution in [3.05, 3.63) is 12.2 Å². The maximum absolute atomic E-state index is 10.9. The lowest BCUT2D eigenvalue weighted by molar-refractivity contribution is -0.117. The Morgan fingerprint density at radius 2 is 2.23 bits per heavy atom. The molecule has 0 saturated heterocycles. The minimum Gasteiger partial charge on any atom is -0.396 e. The van der Waals surface area contributed by atoms with E-state index in [4.69, 9.17) is 5.11 Å². The third-order valence-electron chi connectivity index (χ3n) is 1.58. The van der Waals surface area contributed by atoms with E-state index >= 15 is 0 Å². The second kappa shape index (κ2) is 6.62. The van der Waals surface area contributed by atoms with Crippen molar-refractivity contribution in [2.45, 2.75) is 25.9 Å². The Kier molecular flexibility index (Phi) is 6.18. The monoisotopic (exact) mass is 187 g/mol. The minimum atomic E-state index is -0.588. The Balaban J connectivity index is 3.51. The fourth-order valence-electron chi connectivity index (χ4n) is 0.790. The highest BCUT2D eigenvalue weighted by Gasteiger charge is 2.06. The van der Waals surface area contributed by atoms with Crippen LogP contribution in [0.5, 0.6) is 0 Å². The third-order valence-corrected chi connectivity index (χ3v) is 1.58. The highest BCUT2D eigenvalue weighted by molar-refractivity contribution is 5.92. The summed E-state index contributed by atoms with van der Waals surface area (Å²) in [5.74, 6) is -0.247. The SMILES string of the molecule is C=C(C)C(=O)NCC(O)CCCO. The fraction of sp³-hybridized carbons (Fsp3) is 0.667. The van der Waals surface area contributed by atoms with Crippen molar-refractivity contribution in [3.63, 3.8) is 0 Å². The Bertz CT molecular complexity index is 180. The van der Waals surface area contributed by atoms with E-state index in [0.29, 0.717) is 18.4 Å². The largest absolute Gasteiger partial charge is 0.396 e. The molecule has 1 atom stereocenters. The number of nitrogens with one attached hydrogen (secondary N) is 1. The molecule has 1 unspecified atom stereocenters. The van der Waals surface area contributed by atoms with Crippen molar-refractivity contribution in [1.29, 1.82) is 0 Å². The average molecular weight is 187 g/mol. The molecule has 13 heavy (non-hydrogen) atoms. The number of aliphatic hydroxyl groups excluding tert-OH is 2. The zero-order valence-corrected chi connectivity index (χ0v) is 7.92. The molecular formula is C9H17NO3. The molecule has 0 spiro atoms. The van der Waals surface area contributed by atoms with Gasteiger partial charge in [0.1, 0.15) is 0 Å². The van der Waals surface area contributed by atoms with Crippen LogP contribution >= 0.6 is 0 Å². The van der Waals surface area contributed by atoms with Crippen molar-refractivity contribution >= 4 is 5.91 Å². The van der Waals surface area contributed by atoms with Crippen LogP contribution < -0.4 is 5.32 Å². The summed E-state index contributed by atoms with van der Waals surface area (Å²) in [5, 5.41) is 20.2. The van der Waals surface area contributed by atoms with E-state index in [9.17, 15) is 9.90 Å². The lowest BCUT2D eigenvalue weighted by Crippen LogP contribution is -2.32. The molecular weight excluding hydrogens is 170 g/mol. The molecule has 0 aromatic rings. The summed E-state index contributed by atoms with van der Waals surface area (Å²) in [6, 6.07) is 0. The Labute approximate surface area is 78.3 Å². The molecule has 0 aliphatic rings. The molecule has 0 rings (SSSR count). The van der Waals surface area contributed by atoms with Crippen LogP contribution in [0.2, 0.25) is 0 Å². The summed E-state index contributed by atoms with van der Waals surface area (Å²) in [6.07, 6.45) is 0.451. The van der Waals surface area contributed by atoms with Crippen LogP contribution in [0.4, 0.5) is 0 Å². The molecule has 0 bridgehead atoms. The van der Waals surface area contributed by atoms with Gasteiger partial charge < -0.3 is 15.5 Å². The maximum atomic E-state index is 10.9. The first-order valence-electron chi connectivity index (χ1n) is 4.30. The lowest BCUT2D eigenvalue weighted by atomic mass is 10.2. The highest BCUT2D eigenvalue weighted by atomic mass is 16.3. The average Bonchev–Trinajstić information content (AvgIpc) is 2.10. The molecule has 0 heterocycles. The van der Waals surface area contributed by atoms with E-state index in [-0.39, 0.29) is 19.1 Å². The molecule has 0 aliphatic heterocycles. The minimum absolute atomic E-state index is 0.0610. The van der Waals surface area contributed by atoms with Crippen LogP contribution in [0.1, 0.15) is 19.8 Å². The van der Waals surface area contributed by atoms with Gasteiger partial charge in [-0.3, -0.25) is 4.79 Å². The van der Waals surface area contributed by atoms with E-state index < -0.39 is 6.10 Å². The van der Waals surface area contributed by atoms with Gasteiger partial charge in [-0.25, -0.2) is 0 Å². The maximum Gasteiger partial charge on any atom is 0.246 e. The van der Waals surface area contributed by atoms with Gasteiger partial charge in [0.2, 0.25) is 5.91 Å². The third kappa shape index (κ3) is 6.31. The van der Waals surface area contributed by atoms with Gasteiger partial charge in [0.25, 0.3) is 0 Å². The van der Waals surface area contributed by atoms with Crippen molar-refractivity contribution < 1.29 is 15.0 Å². The smallest absolute Gasteiger partial charge is 0.246 e. The number of amides is 1. The summed E-state index contributed by atoms with van der Waals surface area (Å²) in [7, 11) is 0. The van der Waals surface area contributed by atoms with Crippen molar-refractivity contribution in [3.8, 4) is 0 Å². The van der Waals surface area contributed by atoms with E-state index in [1.165, 1.54) is 0 Å². The summed E-state index contributed by atoms with van der Waals surface area (Å²) in [6.45, 7) is 5.34. The van der Waals surface area contributed by atoms with Gasteiger partial charge >= 0.3 is 0 Å². The molecule has 76 valence electrons. The van der Waals surface area contributed by atoms with E-state index in [2.05, 4.69) is 11.9 Å². The lowest BCUT2D eigenvalue weighted by Gasteiger charge is -2.10. The zero-order valence-electron chi connectivity index (χ0n) is 7.92. The standard InChI is InChI=1S/C9H17NO3/c1-7(2)9(13)10-6-8(12)4-3-5-11/h8,11-12H,1,3-6H2,2H3,(H,10,13). The number of hydrogen-bond acceptors (Lipinski definition) is 3. The molecule has 1 amide bonds. The normalized spacial score (nSPS) is 12.2. The molecule has 0 radical (unpaired) electrons. The van der Waals surface area contributed by atoms with Crippen LogP contribution in [-0.4, -0.2) is 35.4 Å². The van der Waals surface area contributed by atoms with Crippen LogP contribution in [-0.2, 0) is 4.79 Å².